The molecule has 0 saturated heterocycles. The smallest absolute Gasteiger partial charge is 0.311 e. The van der Waals surface area contributed by atoms with Gasteiger partial charge in [-0.1, -0.05) is 12.2 Å². The minimum Gasteiger partial charge on any atom is -0.494 e. The maximum atomic E-state index is 11.8. The summed E-state index contributed by atoms with van der Waals surface area (Å²) >= 11 is 0. The highest BCUT2D eigenvalue weighted by Gasteiger charge is 2.28. The van der Waals surface area contributed by atoms with E-state index in [1.807, 2.05) is 65.0 Å². The Balaban J connectivity index is 2.60. The number of benzene rings is 1. The summed E-state index contributed by atoms with van der Waals surface area (Å²) in [7, 11) is 2.82. The van der Waals surface area contributed by atoms with Gasteiger partial charge in [-0.05, 0) is 78.5 Å². The number of esters is 2. The Kier molecular flexibility index (Phi) is 10.6. The van der Waals surface area contributed by atoms with Crippen molar-refractivity contribution in [3.63, 3.8) is 0 Å². The van der Waals surface area contributed by atoms with E-state index >= 15 is 0 Å². The number of allylic oxidation sites excluding steroid dienone is 1. The molecule has 0 bridgehead atoms. The molecule has 0 heterocycles. The molecule has 0 atom stereocenters. The fourth-order valence-corrected chi connectivity index (χ4v) is 3.21. The zero-order chi connectivity index (χ0) is 23.5. The van der Waals surface area contributed by atoms with Crippen molar-refractivity contribution < 1.29 is 28.5 Å². The quantitative estimate of drug-likeness (QED) is 0.304. The fraction of sp³-hybridized carbons (Fsp3) is 0.600. The molecule has 0 unspecified atom stereocenters. The predicted molar refractivity (Wildman–Crippen MR) is 122 cm³/mol. The first-order valence-corrected chi connectivity index (χ1v) is 10.8. The van der Waals surface area contributed by atoms with Crippen molar-refractivity contribution in [2.75, 3.05) is 27.4 Å². The average Bonchev–Trinajstić information content (AvgIpc) is 2.74. The Morgan fingerprint density at radius 3 is 1.87 bits per heavy atom. The van der Waals surface area contributed by atoms with E-state index in [0.717, 1.165) is 29.9 Å². The van der Waals surface area contributed by atoms with Crippen LogP contribution in [-0.2, 0) is 19.1 Å². The first-order valence-electron chi connectivity index (χ1n) is 10.8. The topological polar surface area (TPSA) is 71.1 Å². The molecule has 174 valence electrons. The summed E-state index contributed by atoms with van der Waals surface area (Å²) in [6, 6.07) is 5.72. The predicted octanol–water partition coefficient (Wildman–Crippen LogP) is 5.44. The zero-order valence-electron chi connectivity index (χ0n) is 20.1. The first kappa shape index (κ1) is 26.5. The molecule has 0 aliphatic rings. The molecule has 1 rings (SSSR count). The Hall–Kier alpha value is -2.50. The minimum atomic E-state index is -0.523. The van der Waals surface area contributed by atoms with Gasteiger partial charge in [0, 0.05) is 5.56 Å². The van der Waals surface area contributed by atoms with Gasteiger partial charge in [0.15, 0.2) is 0 Å². The Morgan fingerprint density at radius 1 is 0.871 bits per heavy atom. The molecule has 0 fully saturated rings. The lowest BCUT2D eigenvalue weighted by molar-refractivity contribution is -0.152. The van der Waals surface area contributed by atoms with E-state index in [1.54, 1.807) is 0 Å². The maximum absolute atomic E-state index is 11.8. The van der Waals surface area contributed by atoms with Crippen LogP contribution in [0.25, 0.3) is 6.08 Å². The van der Waals surface area contributed by atoms with Crippen LogP contribution in [0.15, 0.2) is 24.3 Å². The average molecular weight is 435 g/mol. The van der Waals surface area contributed by atoms with Gasteiger partial charge in [0.25, 0.3) is 0 Å². The molecule has 0 amide bonds. The molecule has 0 aliphatic carbocycles. The molecule has 0 aliphatic heterocycles. The largest absolute Gasteiger partial charge is 0.494 e. The fourth-order valence-electron chi connectivity index (χ4n) is 3.21. The summed E-state index contributed by atoms with van der Waals surface area (Å²) in [5.41, 5.74) is -0.110. The Bertz CT molecular complexity index is 748. The lowest BCUT2D eigenvalue weighted by Crippen LogP contribution is -2.26. The Morgan fingerprint density at radius 2 is 1.39 bits per heavy atom. The van der Waals surface area contributed by atoms with Crippen molar-refractivity contribution in [1.82, 2.24) is 0 Å². The number of carbonyl (C=O) groups is 2. The van der Waals surface area contributed by atoms with Crippen LogP contribution in [0.5, 0.6) is 11.5 Å². The van der Waals surface area contributed by atoms with E-state index in [-0.39, 0.29) is 11.9 Å². The van der Waals surface area contributed by atoms with E-state index in [2.05, 4.69) is 0 Å². The van der Waals surface area contributed by atoms with Crippen molar-refractivity contribution >= 4 is 18.0 Å². The molecule has 0 saturated carbocycles. The number of ether oxygens (including phenoxy) is 4. The number of hydrogen-bond acceptors (Lipinski definition) is 6. The van der Waals surface area contributed by atoms with Crippen LogP contribution in [0.3, 0.4) is 0 Å². The van der Waals surface area contributed by atoms with Gasteiger partial charge in [0.2, 0.25) is 0 Å². The summed E-state index contributed by atoms with van der Waals surface area (Å²) in [5, 5.41) is 0. The van der Waals surface area contributed by atoms with Gasteiger partial charge < -0.3 is 18.9 Å². The first-order chi connectivity index (χ1) is 14.6. The van der Waals surface area contributed by atoms with E-state index in [0.29, 0.717) is 26.1 Å². The summed E-state index contributed by atoms with van der Waals surface area (Å²) in [6.07, 6.45) is 6.78. The van der Waals surface area contributed by atoms with Gasteiger partial charge >= 0.3 is 11.9 Å². The molecule has 6 nitrogen and oxygen atoms in total. The monoisotopic (exact) mass is 434 g/mol. The minimum absolute atomic E-state index is 0.209. The SMILES string of the molecule is C/C=C/c1cc(OCCCC(C)(C)C(=O)OC)ccc1OCCCC(C)(C)C(=O)OC. The van der Waals surface area contributed by atoms with Gasteiger partial charge in [0.1, 0.15) is 11.5 Å². The number of hydrogen-bond donors (Lipinski definition) is 0. The molecule has 1 aromatic rings. The molecular formula is C25H38O6. The number of methoxy groups -OCH3 is 2. The molecular weight excluding hydrogens is 396 g/mol. The number of rotatable bonds is 13. The second-order valence-corrected chi connectivity index (χ2v) is 8.85. The second-order valence-electron chi connectivity index (χ2n) is 8.85. The van der Waals surface area contributed by atoms with Gasteiger partial charge in [-0.2, -0.15) is 0 Å². The molecule has 0 radical (unpaired) electrons. The summed E-state index contributed by atoms with van der Waals surface area (Å²) in [5.74, 6) is 1.11. The number of carbonyl (C=O) groups excluding carboxylic acids is 2. The molecule has 6 heteroatoms. The van der Waals surface area contributed by atoms with Crippen LogP contribution >= 0.6 is 0 Å². The zero-order valence-corrected chi connectivity index (χ0v) is 20.1. The van der Waals surface area contributed by atoms with Crippen molar-refractivity contribution in [1.29, 1.82) is 0 Å². The van der Waals surface area contributed by atoms with Crippen LogP contribution in [0.2, 0.25) is 0 Å². The van der Waals surface area contributed by atoms with Gasteiger partial charge in [-0.25, -0.2) is 0 Å². The summed E-state index contributed by atoms with van der Waals surface area (Å²) in [4.78, 5) is 23.5. The third-order valence-electron chi connectivity index (χ3n) is 5.22. The third kappa shape index (κ3) is 8.64. The lowest BCUT2D eigenvalue weighted by Gasteiger charge is -2.21. The third-order valence-corrected chi connectivity index (χ3v) is 5.22. The van der Waals surface area contributed by atoms with Crippen LogP contribution in [0, 0.1) is 10.8 Å². The summed E-state index contributed by atoms with van der Waals surface area (Å²) < 4.78 is 21.5. The maximum Gasteiger partial charge on any atom is 0.311 e. The molecule has 1 aromatic carbocycles. The van der Waals surface area contributed by atoms with E-state index in [9.17, 15) is 9.59 Å². The van der Waals surface area contributed by atoms with Crippen LogP contribution in [0.4, 0.5) is 0 Å². The lowest BCUT2D eigenvalue weighted by atomic mass is 9.88. The molecule has 31 heavy (non-hydrogen) atoms. The Labute approximate surface area is 186 Å². The normalized spacial score (nSPS) is 12.0. The van der Waals surface area contributed by atoms with Crippen molar-refractivity contribution in [2.24, 2.45) is 10.8 Å². The second kappa shape index (κ2) is 12.4. The summed E-state index contributed by atoms with van der Waals surface area (Å²) in [6.45, 7) is 10.5. The standard InChI is InChI=1S/C25H38O6/c1-8-11-19-18-20(30-16-9-14-24(2,3)22(26)28-6)12-13-21(19)31-17-10-15-25(4,5)23(27)29-7/h8,11-13,18H,9-10,14-17H2,1-7H3/b11-8+. The van der Waals surface area contributed by atoms with Crippen molar-refractivity contribution in [2.45, 2.75) is 60.3 Å². The van der Waals surface area contributed by atoms with Crippen molar-refractivity contribution in [3.05, 3.63) is 29.8 Å². The van der Waals surface area contributed by atoms with Crippen LogP contribution in [-0.4, -0.2) is 39.4 Å². The molecule has 0 aromatic heterocycles. The van der Waals surface area contributed by atoms with E-state index in [4.69, 9.17) is 18.9 Å². The van der Waals surface area contributed by atoms with E-state index in [1.165, 1.54) is 14.2 Å². The molecule has 0 spiro atoms. The van der Waals surface area contributed by atoms with Crippen LogP contribution in [0.1, 0.15) is 65.9 Å². The van der Waals surface area contributed by atoms with Crippen LogP contribution < -0.4 is 9.47 Å². The van der Waals surface area contributed by atoms with Gasteiger partial charge in [0.05, 0.1) is 38.3 Å². The van der Waals surface area contributed by atoms with E-state index < -0.39 is 10.8 Å². The highest BCUT2D eigenvalue weighted by atomic mass is 16.5. The van der Waals surface area contributed by atoms with Gasteiger partial charge in [-0.3, -0.25) is 9.59 Å². The highest BCUT2D eigenvalue weighted by molar-refractivity contribution is 5.76. The van der Waals surface area contributed by atoms with Gasteiger partial charge in [-0.15, -0.1) is 0 Å². The van der Waals surface area contributed by atoms with Crippen molar-refractivity contribution in [3.8, 4) is 11.5 Å². The molecule has 0 N–H and O–H groups in total. The highest BCUT2D eigenvalue weighted by Crippen LogP contribution is 2.28.